The van der Waals surface area contributed by atoms with Crippen LogP contribution >= 0.6 is 11.6 Å². The maximum atomic E-state index is 13.7. The zero-order valence-electron chi connectivity index (χ0n) is 10.5. The van der Waals surface area contributed by atoms with Crippen molar-refractivity contribution in [2.24, 2.45) is 0 Å². The normalized spacial score (nSPS) is 18.9. The van der Waals surface area contributed by atoms with E-state index < -0.39 is 23.8 Å². The van der Waals surface area contributed by atoms with Crippen LogP contribution in [-0.2, 0) is 9.53 Å². The molecule has 1 aliphatic heterocycles. The van der Waals surface area contributed by atoms with Crippen molar-refractivity contribution in [3.8, 4) is 0 Å². The molecule has 1 N–H and O–H groups in total. The van der Waals surface area contributed by atoms with Crippen LogP contribution in [0.15, 0.2) is 18.2 Å². The van der Waals surface area contributed by atoms with Gasteiger partial charge in [0.25, 0.3) is 5.91 Å². The topological polar surface area (TPSA) is 66.8 Å². The third kappa shape index (κ3) is 3.46. The number of ether oxygens (including phenoxy) is 1. The quantitative estimate of drug-likeness (QED) is 0.924. The fourth-order valence-corrected chi connectivity index (χ4v) is 2.23. The van der Waals surface area contributed by atoms with Crippen LogP contribution in [0.1, 0.15) is 16.8 Å². The summed E-state index contributed by atoms with van der Waals surface area (Å²) < 4.78 is 18.9. The fourth-order valence-electron chi connectivity index (χ4n) is 2.05. The van der Waals surface area contributed by atoms with E-state index in [2.05, 4.69) is 0 Å². The maximum absolute atomic E-state index is 13.7. The molecule has 0 radical (unpaired) electrons. The molecule has 1 fully saturated rings. The molecule has 1 unspecified atom stereocenters. The van der Waals surface area contributed by atoms with E-state index in [4.69, 9.17) is 21.4 Å². The zero-order chi connectivity index (χ0) is 14.7. The van der Waals surface area contributed by atoms with E-state index in [-0.39, 0.29) is 30.2 Å². The van der Waals surface area contributed by atoms with Gasteiger partial charge in [-0.2, -0.15) is 0 Å². The second-order valence-electron chi connectivity index (χ2n) is 4.47. The van der Waals surface area contributed by atoms with Gasteiger partial charge in [-0.25, -0.2) is 4.39 Å². The Hall–Kier alpha value is -1.66. The van der Waals surface area contributed by atoms with Crippen LogP contribution in [0.4, 0.5) is 4.39 Å². The van der Waals surface area contributed by atoms with Gasteiger partial charge in [-0.05, 0) is 18.2 Å². The van der Waals surface area contributed by atoms with Gasteiger partial charge in [-0.15, -0.1) is 0 Å². The van der Waals surface area contributed by atoms with Crippen molar-refractivity contribution in [2.75, 3.05) is 19.7 Å². The van der Waals surface area contributed by atoms with Crippen molar-refractivity contribution in [3.05, 3.63) is 34.6 Å². The van der Waals surface area contributed by atoms with Gasteiger partial charge in [0, 0.05) is 18.1 Å². The van der Waals surface area contributed by atoms with E-state index in [0.29, 0.717) is 6.54 Å². The lowest BCUT2D eigenvalue weighted by Crippen LogP contribution is -2.46. The minimum absolute atomic E-state index is 0.117. The highest BCUT2D eigenvalue weighted by molar-refractivity contribution is 6.31. The molecule has 0 spiro atoms. The molecule has 0 aliphatic carbocycles. The summed E-state index contributed by atoms with van der Waals surface area (Å²) in [7, 11) is 0. The Bertz CT molecular complexity index is 537. The first-order valence-electron chi connectivity index (χ1n) is 6.05. The molecule has 7 heteroatoms. The largest absolute Gasteiger partial charge is 0.481 e. The second-order valence-corrected chi connectivity index (χ2v) is 4.90. The zero-order valence-corrected chi connectivity index (χ0v) is 11.3. The highest BCUT2D eigenvalue weighted by atomic mass is 35.5. The molecule has 108 valence electrons. The maximum Gasteiger partial charge on any atom is 0.306 e. The number of aliphatic carboxylic acids is 1. The summed E-state index contributed by atoms with van der Waals surface area (Å²) in [6.45, 7) is 0.643. The standard InChI is InChI=1S/C13H13ClFNO4/c14-8-1-2-11(15)10(5-8)13(19)16-3-4-20-9(7-16)6-12(17)18/h1-2,5,9H,3-4,6-7H2,(H,17,18). The van der Waals surface area contributed by atoms with Crippen molar-refractivity contribution in [1.82, 2.24) is 4.90 Å². The van der Waals surface area contributed by atoms with Gasteiger partial charge >= 0.3 is 5.97 Å². The number of morpholine rings is 1. The Kier molecular flexibility index (Phi) is 4.57. The number of rotatable bonds is 3. The predicted molar refractivity (Wildman–Crippen MR) is 69.3 cm³/mol. The smallest absolute Gasteiger partial charge is 0.306 e. The van der Waals surface area contributed by atoms with E-state index in [1.54, 1.807) is 0 Å². The summed E-state index contributed by atoms with van der Waals surface area (Å²) in [4.78, 5) is 24.3. The van der Waals surface area contributed by atoms with Gasteiger partial charge in [-0.3, -0.25) is 9.59 Å². The van der Waals surface area contributed by atoms with E-state index >= 15 is 0 Å². The number of benzene rings is 1. The van der Waals surface area contributed by atoms with Gasteiger partial charge in [-0.1, -0.05) is 11.6 Å². The molecule has 0 aromatic heterocycles. The number of hydrogen-bond acceptors (Lipinski definition) is 3. The van der Waals surface area contributed by atoms with Crippen LogP contribution in [0.2, 0.25) is 5.02 Å². The molecule has 0 bridgehead atoms. The van der Waals surface area contributed by atoms with Crippen LogP contribution in [0.3, 0.4) is 0 Å². The van der Waals surface area contributed by atoms with E-state index in [0.717, 1.165) is 6.07 Å². The molecule has 1 aromatic rings. The molecular weight excluding hydrogens is 289 g/mol. The Morgan fingerprint density at radius 2 is 2.25 bits per heavy atom. The van der Waals surface area contributed by atoms with Crippen LogP contribution in [0.5, 0.6) is 0 Å². The van der Waals surface area contributed by atoms with Gasteiger partial charge in [0.05, 0.1) is 24.7 Å². The highest BCUT2D eigenvalue weighted by Crippen LogP contribution is 2.18. The van der Waals surface area contributed by atoms with Crippen molar-refractivity contribution < 1.29 is 23.8 Å². The lowest BCUT2D eigenvalue weighted by molar-refractivity contribution is -0.141. The molecule has 1 saturated heterocycles. The van der Waals surface area contributed by atoms with Crippen molar-refractivity contribution in [2.45, 2.75) is 12.5 Å². The summed E-state index contributed by atoms with van der Waals surface area (Å²) in [6.07, 6.45) is -0.769. The third-order valence-electron chi connectivity index (χ3n) is 2.99. The lowest BCUT2D eigenvalue weighted by Gasteiger charge is -2.32. The number of carboxylic acids is 1. The average Bonchev–Trinajstić information content (AvgIpc) is 2.40. The molecule has 1 amide bonds. The monoisotopic (exact) mass is 301 g/mol. The van der Waals surface area contributed by atoms with Crippen molar-refractivity contribution in [1.29, 1.82) is 0 Å². The molecule has 20 heavy (non-hydrogen) atoms. The third-order valence-corrected chi connectivity index (χ3v) is 3.22. The number of nitrogens with zero attached hydrogens (tertiary/aromatic N) is 1. The minimum atomic E-state index is -1.00. The van der Waals surface area contributed by atoms with Gasteiger partial charge in [0.15, 0.2) is 0 Å². The van der Waals surface area contributed by atoms with Crippen LogP contribution in [0, 0.1) is 5.82 Å². The van der Waals surface area contributed by atoms with E-state index in [1.165, 1.54) is 17.0 Å². The molecule has 1 heterocycles. The minimum Gasteiger partial charge on any atom is -0.481 e. The predicted octanol–water partition coefficient (Wildman–Crippen LogP) is 1.79. The van der Waals surface area contributed by atoms with Crippen molar-refractivity contribution in [3.63, 3.8) is 0 Å². The van der Waals surface area contributed by atoms with Crippen molar-refractivity contribution >= 4 is 23.5 Å². The molecular formula is C13H13ClFNO4. The summed E-state index contributed by atoms with van der Waals surface area (Å²) in [6, 6.07) is 3.76. The molecule has 2 rings (SSSR count). The second kappa shape index (κ2) is 6.19. The number of carbonyl (C=O) groups excluding carboxylic acids is 1. The molecule has 1 atom stereocenters. The first-order valence-corrected chi connectivity index (χ1v) is 6.43. The van der Waals surface area contributed by atoms with Crippen LogP contribution in [0.25, 0.3) is 0 Å². The first kappa shape index (κ1) is 14.7. The number of hydrogen-bond donors (Lipinski definition) is 1. The average molecular weight is 302 g/mol. The van der Waals surface area contributed by atoms with Crippen LogP contribution in [-0.4, -0.2) is 47.7 Å². The Morgan fingerprint density at radius 3 is 2.95 bits per heavy atom. The SMILES string of the molecule is O=C(O)CC1CN(C(=O)c2cc(Cl)ccc2F)CCO1. The van der Waals surface area contributed by atoms with E-state index in [9.17, 15) is 14.0 Å². The van der Waals surface area contributed by atoms with Gasteiger partial charge in [0.2, 0.25) is 0 Å². The highest BCUT2D eigenvalue weighted by Gasteiger charge is 2.27. The number of halogens is 2. The summed E-state index contributed by atoms with van der Waals surface area (Å²) in [5.74, 6) is -2.16. The summed E-state index contributed by atoms with van der Waals surface area (Å²) >= 11 is 5.76. The van der Waals surface area contributed by atoms with Gasteiger partial charge in [0.1, 0.15) is 5.82 Å². The molecule has 0 saturated carbocycles. The Balaban J connectivity index is 2.12. The molecule has 1 aromatic carbocycles. The Morgan fingerprint density at radius 1 is 1.50 bits per heavy atom. The number of amides is 1. The molecule has 1 aliphatic rings. The number of carbonyl (C=O) groups is 2. The lowest BCUT2D eigenvalue weighted by atomic mass is 10.1. The van der Waals surface area contributed by atoms with Crippen LogP contribution < -0.4 is 0 Å². The first-order chi connectivity index (χ1) is 9.47. The summed E-state index contributed by atoms with van der Waals surface area (Å²) in [5, 5.41) is 9.00. The van der Waals surface area contributed by atoms with Gasteiger partial charge < -0.3 is 14.7 Å². The number of carboxylic acid groups (broad SMARTS) is 1. The fraction of sp³-hybridized carbons (Fsp3) is 0.385. The Labute approximate surface area is 119 Å². The molecule has 5 nitrogen and oxygen atoms in total. The summed E-state index contributed by atoms with van der Waals surface area (Å²) in [5.41, 5.74) is -0.117. The van der Waals surface area contributed by atoms with E-state index in [1.807, 2.05) is 0 Å².